The molecule has 0 saturated carbocycles. The Morgan fingerprint density at radius 2 is 2.07 bits per heavy atom. The van der Waals surface area contributed by atoms with Crippen LogP contribution in [-0.2, 0) is 16.8 Å². The van der Waals surface area contributed by atoms with Crippen molar-refractivity contribution in [3.63, 3.8) is 0 Å². The summed E-state index contributed by atoms with van der Waals surface area (Å²) in [6.07, 6.45) is 0.591. The Morgan fingerprint density at radius 1 is 1.36 bits per heavy atom. The van der Waals surface area contributed by atoms with Crippen LogP contribution in [0, 0.1) is 0 Å². The summed E-state index contributed by atoms with van der Waals surface area (Å²) in [5, 5.41) is 0. The van der Waals surface area contributed by atoms with Gasteiger partial charge in [0.25, 0.3) is 0 Å². The molecule has 0 saturated heterocycles. The highest BCUT2D eigenvalue weighted by molar-refractivity contribution is 7.82. The third-order valence-electron chi connectivity index (χ3n) is 1.99. The summed E-state index contributed by atoms with van der Waals surface area (Å²) in [7, 11) is -3.91. The molecule has 0 radical (unpaired) electrons. The van der Waals surface area contributed by atoms with Crippen LogP contribution in [0.15, 0.2) is 12.1 Å². The molecule has 5 nitrogen and oxygen atoms in total. The van der Waals surface area contributed by atoms with E-state index in [4.69, 9.17) is 5.73 Å². The van der Waals surface area contributed by atoms with Gasteiger partial charge in [0.1, 0.15) is 0 Å². The van der Waals surface area contributed by atoms with Gasteiger partial charge in [0, 0.05) is 11.3 Å². The van der Waals surface area contributed by atoms with Crippen LogP contribution in [0.3, 0.4) is 0 Å². The van der Waals surface area contributed by atoms with Crippen molar-refractivity contribution in [1.29, 1.82) is 0 Å². The Hall–Kier alpha value is -1.43. The molecule has 0 spiro atoms. The number of hydrogen-bond acceptors (Lipinski definition) is 5. The molecule has 1 aromatic carbocycles. The smallest absolute Gasteiger partial charge is 0.398 e. The van der Waals surface area contributed by atoms with E-state index in [1.807, 2.05) is 6.92 Å². The van der Waals surface area contributed by atoms with E-state index in [1.54, 1.807) is 6.07 Å². The predicted octanol–water partition coefficient (Wildman–Crippen LogP) is 0.847. The van der Waals surface area contributed by atoms with Crippen molar-refractivity contribution in [2.75, 3.05) is 5.73 Å². The fraction of sp³-hybridized carbons (Fsp3) is 0.250. The van der Waals surface area contributed by atoms with Crippen LogP contribution in [-0.4, -0.2) is 8.42 Å². The van der Waals surface area contributed by atoms with Gasteiger partial charge in [-0.25, -0.2) is 0 Å². The Labute approximate surface area is 81.8 Å². The highest BCUT2D eigenvalue weighted by atomic mass is 32.3. The van der Waals surface area contributed by atoms with E-state index in [-0.39, 0.29) is 11.5 Å². The Balaban J connectivity index is 2.63. The van der Waals surface area contributed by atoms with Gasteiger partial charge in [0.15, 0.2) is 11.5 Å². The molecule has 14 heavy (non-hydrogen) atoms. The second kappa shape index (κ2) is 2.78. The second-order valence-corrected chi connectivity index (χ2v) is 4.04. The number of nitrogen functional groups attached to an aromatic ring is 1. The lowest BCUT2D eigenvalue weighted by atomic mass is 10.1. The predicted molar refractivity (Wildman–Crippen MR) is 50.4 cm³/mol. The van der Waals surface area contributed by atoms with Crippen molar-refractivity contribution < 1.29 is 16.8 Å². The largest absolute Gasteiger partial charge is 0.501 e. The average molecular weight is 215 g/mol. The van der Waals surface area contributed by atoms with E-state index in [0.29, 0.717) is 17.7 Å². The van der Waals surface area contributed by atoms with E-state index in [1.165, 1.54) is 6.07 Å². The van der Waals surface area contributed by atoms with Crippen molar-refractivity contribution in [2.24, 2.45) is 0 Å². The van der Waals surface area contributed by atoms with E-state index in [9.17, 15) is 8.42 Å². The number of nitrogens with two attached hydrogens (primary N) is 1. The molecule has 1 heterocycles. The molecule has 1 aliphatic heterocycles. The summed E-state index contributed by atoms with van der Waals surface area (Å²) >= 11 is 0. The fourth-order valence-electron chi connectivity index (χ4n) is 1.37. The molecule has 0 fully saturated rings. The molecule has 0 bridgehead atoms. The minimum Gasteiger partial charge on any atom is -0.398 e. The lowest BCUT2D eigenvalue weighted by Gasteiger charge is -2.04. The number of benzene rings is 1. The fourth-order valence-corrected chi connectivity index (χ4v) is 2.14. The van der Waals surface area contributed by atoms with Gasteiger partial charge in [-0.1, -0.05) is 6.92 Å². The Morgan fingerprint density at radius 3 is 2.71 bits per heavy atom. The molecule has 6 heteroatoms. The zero-order valence-electron chi connectivity index (χ0n) is 7.48. The van der Waals surface area contributed by atoms with Crippen LogP contribution in [0.4, 0.5) is 5.69 Å². The first-order chi connectivity index (χ1) is 6.53. The summed E-state index contributed by atoms with van der Waals surface area (Å²) in [6.45, 7) is 1.86. The molecule has 0 amide bonds. The Kier molecular flexibility index (Phi) is 1.81. The monoisotopic (exact) mass is 215 g/mol. The maximum atomic E-state index is 11.0. The maximum Gasteiger partial charge on any atom is 0.501 e. The first-order valence-corrected chi connectivity index (χ1v) is 5.42. The maximum absolute atomic E-state index is 11.0. The number of anilines is 1. The molecule has 1 aliphatic rings. The van der Waals surface area contributed by atoms with Crippen LogP contribution in [0.5, 0.6) is 11.5 Å². The lowest BCUT2D eigenvalue weighted by Crippen LogP contribution is -2.08. The highest BCUT2D eigenvalue weighted by Crippen LogP contribution is 2.41. The van der Waals surface area contributed by atoms with Crippen molar-refractivity contribution in [3.8, 4) is 11.5 Å². The van der Waals surface area contributed by atoms with Gasteiger partial charge in [0.05, 0.1) is 0 Å². The van der Waals surface area contributed by atoms with Gasteiger partial charge in [-0.05, 0) is 18.6 Å². The summed E-state index contributed by atoms with van der Waals surface area (Å²) in [5.74, 6) is 0.420. The number of fused-ring (bicyclic) bond motifs is 1. The van der Waals surface area contributed by atoms with Crippen molar-refractivity contribution >= 4 is 16.1 Å². The normalized spacial score (nSPS) is 16.9. The first-order valence-electron chi connectivity index (χ1n) is 4.08. The minimum atomic E-state index is -3.91. The topological polar surface area (TPSA) is 78.6 Å². The van der Waals surface area contributed by atoms with Crippen LogP contribution in [0.25, 0.3) is 0 Å². The summed E-state index contributed by atoms with van der Waals surface area (Å²) in [5.41, 5.74) is 6.82. The van der Waals surface area contributed by atoms with Gasteiger partial charge in [-0.3, -0.25) is 0 Å². The average Bonchev–Trinajstić information content (AvgIpc) is 2.39. The van der Waals surface area contributed by atoms with Crippen LogP contribution in [0.2, 0.25) is 0 Å². The quantitative estimate of drug-likeness (QED) is 0.702. The molecule has 0 atom stereocenters. The minimum absolute atomic E-state index is 0.205. The Bertz CT molecular complexity index is 480. The molecular formula is C8H9NO4S. The summed E-state index contributed by atoms with van der Waals surface area (Å²) in [4.78, 5) is 0. The molecule has 0 unspecified atom stereocenters. The molecular weight excluding hydrogens is 206 g/mol. The third-order valence-corrected chi connectivity index (χ3v) is 2.75. The summed E-state index contributed by atoms with van der Waals surface area (Å²) in [6, 6.07) is 3.08. The molecule has 76 valence electrons. The molecule has 2 rings (SSSR count). The van der Waals surface area contributed by atoms with Crippen molar-refractivity contribution in [1.82, 2.24) is 0 Å². The van der Waals surface area contributed by atoms with E-state index in [2.05, 4.69) is 8.37 Å². The highest BCUT2D eigenvalue weighted by Gasteiger charge is 2.31. The van der Waals surface area contributed by atoms with Gasteiger partial charge in [-0.2, -0.15) is 0 Å². The number of hydrogen-bond donors (Lipinski definition) is 1. The zero-order valence-corrected chi connectivity index (χ0v) is 8.30. The standard InChI is InChI=1S/C8H9NO4S/c1-2-5-6(9)3-4-7-8(5)13-14(10,11)12-7/h3-4H,2,9H2,1H3. The molecule has 2 N–H and O–H groups in total. The second-order valence-electron chi connectivity index (χ2n) is 2.89. The van der Waals surface area contributed by atoms with Gasteiger partial charge < -0.3 is 14.1 Å². The summed E-state index contributed by atoms with van der Waals surface area (Å²) < 4.78 is 31.2. The van der Waals surface area contributed by atoms with Crippen molar-refractivity contribution in [3.05, 3.63) is 17.7 Å². The van der Waals surface area contributed by atoms with E-state index in [0.717, 1.165) is 0 Å². The van der Waals surface area contributed by atoms with E-state index < -0.39 is 10.4 Å². The van der Waals surface area contributed by atoms with Gasteiger partial charge >= 0.3 is 10.4 Å². The van der Waals surface area contributed by atoms with Gasteiger partial charge in [-0.15, -0.1) is 8.42 Å². The molecule has 0 aromatic heterocycles. The van der Waals surface area contributed by atoms with E-state index >= 15 is 0 Å². The lowest BCUT2D eigenvalue weighted by molar-refractivity contribution is 0.436. The SMILES string of the molecule is CCc1c(N)ccc2c1OS(=O)(=O)O2. The zero-order chi connectivity index (χ0) is 10.3. The number of rotatable bonds is 1. The van der Waals surface area contributed by atoms with Crippen LogP contribution < -0.4 is 14.1 Å². The third kappa shape index (κ3) is 1.27. The van der Waals surface area contributed by atoms with Crippen LogP contribution >= 0.6 is 0 Å². The van der Waals surface area contributed by atoms with Gasteiger partial charge in [0.2, 0.25) is 0 Å². The molecule has 0 aliphatic carbocycles. The van der Waals surface area contributed by atoms with Crippen molar-refractivity contribution in [2.45, 2.75) is 13.3 Å². The molecule has 1 aromatic rings. The van der Waals surface area contributed by atoms with Crippen LogP contribution in [0.1, 0.15) is 12.5 Å². The first kappa shape index (κ1) is 9.14.